The van der Waals surface area contributed by atoms with Crippen LogP contribution in [0.25, 0.3) is 0 Å². The normalized spacial score (nSPS) is 23.6. The molecule has 0 bridgehead atoms. The van der Waals surface area contributed by atoms with E-state index < -0.39 is 0 Å². The van der Waals surface area contributed by atoms with E-state index in [1.165, 1.54) is 11.1 Å². The minimum atomic E-state index is 0.449. The summed E-state index contributed by atoms with van der Waals surface area (Å²) < 4.78 is 2.27. The maximum Gasteiger partial charge on any atom is 0.0473 e. The Bertz CT molecular complexity index is 567. The molecule has 1 aliphatic rings. The molecule has 116 valence electrons. The lowest BCUT2D eigenvalue weighted by Crippen LogP contribution is -2.46. The summed E-state index contributed by atoms with van der Waals surface area (Å²) in [7, 11) is 4.46. The van der Waals surface area contributed by atoms with Crippen molar-refractivity contribution in [2.24, 2.45) is 0 Å². The molecule has 1 fully saturated rings. The molecule has 2 aromatic carbocycles. The fourth-order valence-corrected chi connectivity index (χ4v) is 3.70. The van der Waals surface area contributed by atoms with Gasteiger partial charge in [-0.2, -0.15) is 0 Å². The highest BCUT2D eigenvalue weighted by Gasteiger charge is 2.31. The van der Waals surface area contributed by atoms with Gasteiger partial charge < -0.3 is 0 Å². The Balaban J connectivity index is 1.79. The summed E-state index contributed by atoms with van der Waals surface area (Å²) in [5.74, 6) is 0. The van der Waals surface area contributed by atoms with Gasteiger partial charge in [-0.3, -0.25) is 9.80 Å². The third-order valence-electron chi connectivity index (χ3n) is 4.50. The Morgan fingerprint density at radius 1 is 0.682 bits per heavy atom. The van der Waals surface area contributed by atoms with Crippen LogP contribution in [0.5, 0.6) is 0 Å². The quantitative estimate of drug-likeness (QED) is 0.679. The van der Waals surface area contributed by atoms with Gasteiger partial charge >= 0.3 is 0 Å². The summed E-state index contributed by atoms with van der Waals surface area (Å²) >= 11 is 7.03. The molecule has 1 heterocycles. The first-order valence-corrected chi connectivity index (χ1v) is 9.04. The minimum absolute atomic E-state index is 0.449. The topological polar surface area (TPSA) is 6.48 Å². The summed E-state index contributed by atoms with van der Waals surface area (Å²) in [4.78, 5) is 4.94. The molecule has 1 aliphatic heterocycles. The third kappa shape index (κ3) is 3.46. The summed E-state index contributed by atoms with van der Waals surface area (Å²) in [6.07, 6.45) is 0. The van der Waals surface area contributed by atoms with Crippen LogP contribution in [0.4, 0.5) is 0 Å². The molecule has 0 spiro atoms. The number of benzene rings is 2. The number of hydrogen-bond acceptors (Lipinski definition) is 2. The Morgan fingerprint density at radius 3 is 1.32 bits per heavy atom. The van der Waals surface area contributed by atoms with Crippen LogP contribution in [-0.2, 0) is 0 Å². The van der Waals surface area contributed by atoms with Gasteiger partial charge in [0.25, 0.3) is 0 Å². The fraction of sp³-hybridized carbons (Fsp3) is 0.333. The van der Waals surface area contributed by atoms with E-state index in [1.807, 2.05) is 0 Å². The molecule has 2 aromatic rings. The van der Waals surface area contributed by atoms with Crippen molar-refractivity contribution in [3.63, 3.8) is 0 Å². The zero-order valence-corrected chi connectivity index (χ0v) is 16.0. The molecule has 0 saturated carbocycles. The van der Waals surface area contributed by atoms with Crippen molar-refractivity contribution in [3.05, 3.63) is 68.6 Å². The highest BCUT2D eigenvalue weighted by Crippen LogP contribution is 2.33. The molecule has 0 N–H and O–H groups in total. The maximum atomic E-state index is 3.51. The largest absolute Gasteiger partial charge is 0.296 e. The van der Waals surface area contributed by atoms with Crippen molar-refractivity contribution in [2.75, 3.05) is 27.2 Å². The van der Waals surface area contributed by atoms with Crippen LogP contribution >= 0.6 is 31.9 Å². The van der Waals surface area contributed by atoms with Crippen molar-refractivity contribution in [2.45, 2.75) is 12.1 Å². The molecule has 0 aromatic heterocycles. The van der Waals surface area contributed by atoms with Crippen molar-refractivity contribution >= 4 is 31.9 Å². The first-order valence-electron chi connectivity index (χ1n) is 7.46. The SMILES string of the molecule is CN1C[C@@H](c2ccc(Br)cc2)N(C)C[C@H]1c1ccc(Br)cc1. The van der Waals surface area contributed by atoms with Gasteiger partial charge in [0.1, 0.15) is 0 Å². The van der Waals surface area contributed by atoms with Crippen LogP contribution in [0, 0.1) is 0 Å². The number of hydrogen-bond donors (Lipinski definition) is 0. The molecule has 0 aliphatic carbocycles. The molecule has 0 radical (unpaired) electrons. The van der Waals surface area contributed by atoms with Crippen LogP contribution < -0.4 is 0 Å². The average molecular weight is 424 g/mol. The molecular formula is C18H20Br2N2. The standard InChI is InChI=1S/C18H20Br2N2/c1-21-11-18(14-5-9-16(20)10-6-14)22(2)12-17(21)13-3-7-15(19)8-4-13/h3-10,17-18H,11-12H2,1-2H3/t17-,18-/m0/s1. The molecule has 1 saturated heterocycles. The van der Waals surface area contributed by atoms with E-state index in [2.05, 4.69) is 104 Å². The van der Waals surface area contributed by atoms with E-state index in [9.17, 15) is 0 Å². The molecule has 0 amide bonds. The first-order chi connectivity index (χ1) is 10.5. The monoisotopic (exact) mass is 422 g/mol. The van der Waals surface area contributed by atoms with Crippen molar-refractivity contribution in [1.82, 2.24) is 9.80 Å². The Kier molecular flexibility index (Phi) is 5.03. The van der Waals surface area contributed by atoms with Gasteiger partial charge in [0.15, 0.2) is 0 Å². The van der Waals surface area contributed by atoms with Gasteiger partial charge in [-0.15, -0.1) is 0 Å². The molecule has 4 heteroatoms. The number of rotatable bonds is 2. The van der Waals surface area contributed by atoms with E-state index in [0.29, 0.717) is 12.1 Å². The molecular weight excluding hydrogens is 404 g/mol. The van der Waals surface area contributed by atoms with Crippen LogP contribution in [-0.4, -0.2) is 37.0 Å². The van der Waals surface area contributed by atoms with Crippen LogP contribution in [0.3, 0.4) is 0 Å². The minimum Gasteiger partial charge on any atom is -0.296 e. The summed E-state index contributed by atoms with van der Waals surface area (Å²) in [6.45, 7) is 2.08. The Hall–Kier alpha value is -0.680. The predicted molar refractivity (Wildman–Crippen MR) is 99.0 cm³/mol. The predicted octanol–water partition coefficient (Wildman–Crippen LogP) is 4.87. The molecule has 0 unspecified atom stereocenters. The Morgan fingerprint density at radius 2 is 1.00 bits per heavy atom. The molecule has 22 heavy (non-hydrogen) atoms. The number of halogens is 2. The van der Waals surface area contributed by atoms with E-state index in [1.54, 1.807) is 0 Å². The van der Waals surface area contributed by atoms with Crippen LogP contribution in [0.2, 0.25) is 0 Å². The smallest absolute Gasteiger partial charge is 0.0473 e. The van der Waals surface area contributed by atoms with Crippen LogP contribution in [0.15, 0.2) is 57.5 Å². The van der Waals surface area contributed by atoms with Crippen molar-refractivity contribution < 1.29 is 0 Å². The van der Waals surface area contributed by atoms with E-state index >= 15 is 0 Å². The van der Waals surface area contributed by atoms with Gasteiger partial charge in [-0.1, -0.05) is 56.1 Å². The molecule has 2 atom stereocenters. The van der Waals surface area contributed by atoms with Gasteiger partial charge in [0, 0.05) is 34.1 Å². The number of likely N-dealkylation sites (N-methyl/N-ethyl adjacent to an activating group) is 2. The lowest BCUT2D eigenvalue weighted by atomic mass is 9.97. The third-order valence-corrected chi connectivity index (χ3v) is 5.55. The highest BCUT2D eigenvalue weighted by atomic mass is 79.9. The van der Waals surface area contributed by atoms with Gasteiger partial charge in [0.2, 0.25) is 0 Å². The van der Waals surface area contributed by atoms with E-state index in [4.69, 9.17) is 0 Å². The fourth-order valence-electron chi connectivity index (χ4n) is 3.17. The van der Waals surface area contributed by atoms with Gasteiger partial charge in [-0.25, -0.2) is 0 Å². The van der Waals surface area contributed by atoms with E-state index in [0.717, 1.165) is 22.0 Å². The average Bonchev–Trinajstić information content (AvgIpc) is 2.51. The van der Waals surface area contributed by atoms with Crippen molar-refractivity contribution in [3.8, 4) is 0 Å². The second kappa shape index (κ2) is 6.83. The number of nitrogens with zero attached hydrogens (tertiary/aromatic N) is 2. The lowest BCUT2D eigenvalue weighted by molar-refractivity contribution is 0.0623. The van der Waals surface area contributed by atoms with E-state index in [-0.39, 0.29) is 0 Å². The second-order valence-corrected chi connectivity index (χ2v) is 7.85. The van der Waals surface area contributed by atoms with Gasteiger partial charge in [0.05, 0.1) is 0 Å². The molecule has 3 rings (SSSR count). The highest BCUT2D eigenvalue weighted by molar-refractivity contribution is 9.10. The second-order valence-electron chi connectivity index (χ2n) is 6.01. The summed E-state index contributed by atoms with van der Waals surface area (Å²) in [6, 6.07) is 18.3. The van der Waals surface area contributed by atoms with Crippen LogP contribution in [0.1, 0.15) is 23.2 Å². The van der Waals surface area contributed by atoms with Crippen molar-refractivity contribution in [1.29, 1.82) is 0 Å². The summed E-state index contributed by atoms with van der Waals surface area (Å²) in [5.41, 5.74) is 2.76. The number of piperazine rings is 1. The zero-order chi connectivity index (χ0) is 15.7. The summed E-state index contributed by atoms with van der Waals surface area (Å²) in [5, 5.41) is 0. The zero-order valence-electron chi connectivity index (χ0n) is 12.8. The first kappa shape index (κ1) is 16.2. The Labute approximate surface area is 149 Å². The lowest BCUT2D eigenvalue weighted by Gasteiger charge is -2.43. The van der Waals surface area contributed by atoms with Gasteiger partial charge in [-0.05, 0) is 49.5 Å². The molecule has 2 nitrogen and oxygen atoms in total. The maximum absolute atomic E-state index is 3.51.